The van der Waals surface area contributed by atoms with Crippen LogP contribution >= 0.6 is 11.6 Å². The van der Waals surface area contributed by atoms with E-state index in [1.165, 1.54) is 0 Å². The van der Waals surface area contributed by atoms with E-state index in [-0.39, 0.29) is 0 Å². The van der Waals surface area contributed by atoms with Gasteiger partial charge in [0.05, 0.1) is 23.5 Å². The molecule has 0 radical (unpaired) electrons. The molecule has 84 valence electrons. The van der Waals surface area contributed by atoms with Crippen molar-refractivity contribution in [1.29, 1.82) is 5.26 Å². The predicted octanol–water partition coefficient (Wildman–Crippen LogP) is 0.753. The van der Waals surface area contributed by atoms with Crippen LogP contribution < -0.4 is 4.90 Å². The lowest BCUT2D eigenvalue weighted by atomic mass is 10.2. The first-order chi connectivity index (χ1) is 7.61. The molecular formula is C11H11ClN2O2. The van der Waals surface area contributed by atoms with E-state index in [0.29, 0.717) is 29.4 Å². The number of anilines is 1. The Kier molecular flexibility index (Phi) is 3.01. The van der Waals surface area contributed by atoms with Crippen molar-refractivity contribution in [3.8, 4) is 6.07 Å². The zero-order valence-electron chi connectivity index (χ0n) is 8.47. The van der Waals surface area contributed by atoms with Crippen LogP contribution in [0, 0.1) is 11.3 Å². The third-order valence-electron chi connectivity index (χ3n) is 2.68. The summed E-state index contributed by atoms with van der Waals surface area (Å²) < 4.78 is 0. The summed E-state index contributed by atoms with van der Waals surface area (Å²) in [6.07, 6.45) is -1.55. The average Bonchev–Trinajstić information content (AvgIpc) is 2.59. The van der Waals surface area contributed by atoms with Crippen molar-refractivity contribution in [3.05, 3.63) is 28.8 Å². The number of β-amino-alcohol motifs (C(OH)–C–C–N with tert-alkyl or cyclic N) is 2. The van der Waals surface area contributed by atoms with Gasteiger partial charge in [-0.3, -0.25) is 0 Å². The Morgan fingerprint density at radius 2 is 1.94 bits per heavy atom. The molecule has 2 rings (SSSR count). The predicted molar refractivity (Wildman–Crippen MR) is 60.4 cm³/mol. The van der Waals surface area contributed by atoms with Crippen LogP contribution in [0.25, 0.3) is 0 Å². The van der Waals surface area contributed by atoms with Crippen LogP contribution in [-0.2, 0) is 0 Å². The van der Waals surface area contributed by atoms with Gasteiger partial charge in [0, 0.05) is 18.1 Å². The van der Waals surface area contributed by atoms with Gasteiger partial charge in [-0.2, -0.15) is 5.26 Å². The van der Waals surface area contributed by atoms with Gasteiger partial charge in [0.1, 0.15) is 6.07 Å². The first-order valence-electron chi connectivity index (χ1n) is 4.92. The summed E-state index contributed by atoms with van der Waals surface area (Å²) >= 11 is 5.86. The van der Waals surface area contributed by atoms with Crippen molar-refractivity contribution in [3.63, 3.8) is 0 Å². The smallest absolute Gasteiger partial charge is 0.101 e. The van der Waals surface area contributed by atoms with Crippen LogP contribution in [0.15, 0.2) is 18.2 Å². The summed E-state index contributed by atoms with van der Waals surface area (Å²) in [6, 6.07) is 7.02. The molecule has 2 unspecified atom stereocenters. The number of benzene rings is 1. The number of halogens is 1. The molecule has 2 atom stereocenters. The second kappa shape index (κ2) is 4.30. The summed E-state index contributed by atoms with van der Waals surface area (Å²) in [5.74, 6) is 0. The van der Waals surface area contributed by atoms with Gasteiger partial charge in [-0.25, -0.2) is 0 Å². The van der Waals surface area contributed by atoms with E-state index >= 15 is 0 Å². The van der Waals surface area contributed by atoms with E-state index in [2.05, 4.69) is 6.07 Å². The van der Waals surface area contributed by atoms with Crippen molar-refractivity contribution < 1.29 is 10.2 Å². The Balaban J connectivity index is 2.34. The lowest BCUT2D eigenvalue weighted by Crippen LogP contribution is -2.22. The van der Waals surface area contributed by atoms with Crippen LogP contribution in [0.5, 0.6) is 0 Å². The maximum absolute atomic E-state index is 9.45. The van der Waals surface area contributed by atoms with Crippen LogP contribution in [0.1, 0.15) is 5.56 Å². The molecule has 0 aliphatic carbocycles. The molecule has 0 saturated carbocycles. The largest absolute Gasteiger partial charge is 0.389 e. The number of aliphatic hydroxyl groups excluding tert-OH is 2. The SMILES string of the molecule is N#Cc1ccc(Cl)cc1N1CC(O)C(O)C1. The fourth-order valence-corrected chi connectivity index (χ4v) is 1.99. The monoisotopic (exact) mass is 238 g/mol. The second-order valence-electron chi connectivity index (χ2n) is 3.81. The Morgan fingerprint density at radius 1 is 1.31 bits per heavy atom. The summed E-state index contributed by atoms with van der Waals surface area (Å²) in [6.45, 7) is 0.631. The quantitative estimate of drug-likeness (QED) is 0.758. The average molecular weight is 239 g/mol. The minimum Gasteiger partial charge on any atom is -0.389 e. The molecule has 1 aromatic rings. The Morgan fingerprint density at radius 3 is 2.50 bits per heavy atom. The molecule has 1 aliphatic rings. The molecule has 1 saturated heterocycles. The van der Waals surface area contributed by atoms with E-state index in [9.17, 15) is 10.2 Å². The molecule has 0 aromatic heterocycles. The topological polar surface area (TPSA) is 67.5 Å². The number of nitrogens with zero attached hydrogens (tertiary/aromatic N) is 2. The minimum absolute atomic E-state index is 0.316. The van der Waals surface area contributed by atoms with Gasteiger partial charge < -0.3 is 15.1 Å². The first-order valence-corrected chi connectivity index (χ1v) is 5.30. The van der Waals surface area contributed by atoms with Gasteiger partial charge in [-0.1, -0.05) is 11.6 Å². The zero-order valence-corrected chi connectivity index (χ0v) is 9.22. The Hall–Kier alpha value is -1.28. The third-order valence-corrected chi connectivity index (χ3v) is 2.92. The summed E-state index contributed by atoms with van der Waals surface area (Å²) in [4.78, 5) is 1.76. The number of hydrogen-bond acceptors (Lipinski definition) is 4. The number of rotatable bonds is 1. The van der Waals surface area contributed by atoms with E-state index in [4.69, 9.17) is 16.9 Å². The maximum Gasteiger partial charge on any atom is 0.101 e. The highest BCUT2D eigenvalue weighted by atomic mass is 35.5. The van der Waals surface area contributed by atoms with E-state index in [0.717, 1.165) is 0 Å². The van der Waals surface area contributed by atoms with Crippen LogP contribution in [0.2, 0.25) is 5.02 Å². The Labute approximate surface area is 98.3 Å². The molecule has 2 N–H and O–H groups in total. The molecule has 1 heterocycles. The third kappa shape index (κ3) is 1.98. The van der Waals surface area contributed by atoms with Crippen molar-refractivity contribution in [2.45, 2.75) is 12.2 Å². The van der Waals surface area contributed by atoms with Gasteiger partial charge in [0.15, 0.2) is 0 Å². The zero-order chi connectivity index (χ0) is 11.7. The Bertz CT molecular complexity index is 434. The van der Waals surface area contributed by atoms with Crippen LogP contribution in [-0.4, -0.2) is 35.5 Å². The number of hydrogen-bond donors (Lipinski definition) is 2. The molecule has 1 aliphatic heterocycles. The summed E-state index contributed by atoms with van der Waals surface area (Å²) in [7, 11) is 0. The normalized spacial score (nSPS) is 24.5. The molecule has 1 fully saturated rings. The van der Waals surface area contributed by atoms with Gasteiger partial charge in [-0.15, -0.1) is 0 Å². The lowest BCUT2D eigenvalue weighted by molar-refractivity contribution is 0.0572. The van der Waals surface area contributed by atoms with Crippen LogP contribution in [0.4, 0.5) is 5.69 Å². The molecule has 1 aromatic carbocycles. The molecule has 16 heavy (non-hydrogen) atoms. The second-order valence-corrected chi connectivity index (χ2v) is 4.25. The van der Waals surface area contributed by atoms with E-state index in [1.807, 2.05) is 0 Å². The molecule has 4 nitrogen and oxygen atoms in total. The van der Waals surface area contributed by atoms with Crippen LogP contribution in [0.3, 0.4) is 0 Å². The fourth-order valence-electron chi connectivity index (χ4n) is 1.83. The van der Waals surface area contributed by atoms with E-state index in [1.54, 1.807) is 23.1 Å². The fraction of sp³-hybridized carbons (Fsp3) is 0.364. The number of aliphatic hydroxyl groups is 2. The van der Waals surface area contributed by atoms with Crippen molar-refractivity contribution in [2.75, 3.05) is 18.0 Å². The van der Waals surface area contributed by atoms with Gasteiger partial charge >= 0.3 is 0 Å². The van der Waals surface area contributed by atoms with Crippen molar-refractivity contribution in [1.82, 2.24) is 0 Å². The van der Waals surface area contributed by atoms with Gasteiger partial charge in [0.25, 0.3) is 0 Å². The standard InChI is InChI=1S/C11H11ClN2O2/c12-8-2-1-7(4-13)9(3-8)14-5-10(15)11(16)6-14/h1-3,10-11,15-16H,5-6H2. The molecule has 5 heteroatoms. The lowest BCUT2D eigenvalue weighted by Gasteiger charge is -2.19. The van der Waals surface area contributed by atoms with Crippen molar-refractivity contribution >= 4 is 17.3 Å². The maximum atomic E-state index is 9.45. The summed E-state index contributed by atoms with van der Waals surface area (Å²) in [5, 5.41) is 28.4. The van der Waals surface area contributed by atoms with Gasteiger partial charge in [0.2, 0.25) is 0 Å². The molecule has 0 spiro atoms. The van der Waals surface area contributed by atoms with Crippen molar-refractivity contribution in [2.24, 2.45) is 0 Å². The first kappa shape index (κ1) is 11.2. The molecule has 0 bridgehead atoms. The number of nitriles is 1. The van der Waals surface area contributed by atoms with E-state index < -0.39 is 12.2 Å². The highest BCUT2D eigenvalue weighted by Crippen LogP contribution is 2.27. The summed E-state index contributed by atoms with van der Waals surface area (Å²) in [5.41, 5.74) is 1.15. The molecular weight excluding hydrogens is 228 g/mol. The highest BCUT2D eigenvalue weighted by molar-refractivity contribution is 6.30. The van der Waals surface area contributed by atoms with Gasteiger partial charge in [-0.05, 0) is 18.2 Å². The molecule has 0 amide bonds. The highest BCUT2D eigenvalue weighted by Gasteiger charge is 2.30. The minimum atomic E-state index is -0.773.